The Morgan fingerprint density at radius 2 is 0.683 bits per heavy atom. The van der Waals surface area contributed by atoms with Gasteiger partial charge in [-0.15, -0.1) is 0 Å². The molecule has 0 saturated carbocycles. The van der Waals surface area contributed by atoms with Crippen molar-refractivity contribution in [3.8, 4) is 0 Å². The standard InChI is InChI=1S/C55H80O5/c1-3-5-7-9-11-13-15-17-18-19-20-21-22-23-24-25-26-27-28-29-30-31-32-33-34-35-36-38-40-42-44-46-48-50-55(58)60-53(51-56)52-59-54(57)49-47-45-43-41-39-37-16-14-12-10-8-6-4-2/h5-8,11-14,17-18,20-21,23-24,26-27,29-30,32-33,35-37,39-40,42-43,45,53,56H,3-4,9-10,15-16,19,22,25,28,31,34,38,41,44,46-52H2,1-2H3/b7-5-,8-6-,13-11-,14-12-,18-17-,21-20-,24-23-,27-26-,30-29-,33-32-,36-35-,39-37-,42-40-,45-43-. The third-order valence-corrected chi connectivity index (χ3v) is 8.52. The molecule has 0 amide bonds. The highest BCUT2D eigenvalue weighted by atomic mass is 16.6. The Balaban J connectivity index is 3.79. The van der Waals surface area contributed by atoms with Gasteiger partial charge in [-0.1, -0.05) is 184 Å². The molecule has 60 heavy (non-hydrogen) atoms. The largest absolute Gasteiger partial charge is 0.462 e. The van der Waals surface area contributed by atoms with E-state index in [1.165, 1.54) is 0 Å². The monoisotopic (exact) mass is 821 g/mol. The lowest BCUT2D eigenvalue weighted by Crippen LogP contribution is -2.28. The van der Waals surface area contributed by atoms with Crippen molar-refractivity contribution in [1.29, 1.82) is 0 Å². The van der Waals surface area contributed by atoms with E-state index in [1.807, 2.05) is 12.2 Å². The summed E-state index contributed by atoms with van der Waals surface area (Å²) in [6.45, 7) is 3.77. The fourth-order valence-corrected chi connectivity index (χ4v) is 5.18. The van der Waals surface area contributed by atoms with Gasteiger partial charge in [-0.05, 0) is 116 Å². The van der Waals surface area contributed by atoms with Gasteiger partial charge in [0.1, 0.15) is 6.61 Å². The zero-order chi connectivity index (χ0) is 43.5. The summed E-state index contributed by atoms with van der Waals surface area (Å²) in [4.78, 5) is 24.2. The summed E-state index contributed by atoms with van der Waals surface area (Å²) in [7, 11) is 0. The molecule has 0 bridgehead atoms. The minimum Gasteiger partial charge on any atom is -0.462 e. The molecule has 0 aliphatic heterocycles. The molecule has 1 atom stereocenters. The number of carbonyl (C=O) groups is 2. The number of aliphatic hydroxyl groups excluding tert-OH is 1. The van der Waals surface area contributed by atoms with Gasteiger partial charge < -0.3 is 14.6 Å². The molecule has 1 unspecified atom stereocenters. The summed E-state index contributed by atoms with van der Waals surface area (Å²) < 4.78 is 10.5. The van der Waals surface area contributed by atoms with E-state index >= 15 is 0 Å². The number of ether oxygens (including phenoxy) is 2. The molecule has 5 heteroatoms. The number of rotatable bonds is 38. The first-order valence-electron chi connectivity index (χ1n) is 22.7. The van der Waals surface area contributed by atoms with Crippen molar-refractivity contribution in [3.63, 3.8) is 0 Å². The van der Waals surface area contributed by atoms with Crippen LogP contribution in [-0.2, 0) is 19.1 Å². The molecule has 0 aliphatic rings. The average Bonchev–Trinajstić information content (AvgIpc) is 3.25. The first kappa shape index (κ1) is 55.3. The zero-order valence-corrected chi connectivity index (χ0v) is 37.4. The van der Waals surface area contributed by atoms with Crippen LogP contribution in [0.25, 0.3) is 0 Å². The van der Waals surface area contributed by atoms with Crippen LogP contribution in [0.4, 0.5) is 0 Å². The van der Waals surface area contributed by atoms with Crippen molar-refractivity contribution in [3.05, 3.63) is 170 Å². The lowest BCUT2D eigenvalue weighted by atomic mass is 10.2. The van der Waals surface area contributed by atoms with Crippen LogP contribution in [0, 0.1) is 0 Å². The highest BCUT2D eigenvalue weighted by molar-refractivity contribution is 5.70. The summed E-state index contributed by atoms with van der Waals surface area (Å²) in [5.74, 6) is -0.758. The third-order valence-electron chi connectivity index (χ3n) is 8.52. The predicted octanol–water partition coefficient (Wildman–Crippen LogP) is 15.1. The number of carbonyl (C=O) groups excluding carboxylic acids is 2. The molecule has 330 valence electrons. The molecular weight excluding hydrogens is 741 g/mol. The van der Waals surface area contributed by atoms with Gasteiger partial charge in [-0.2, -0.15) is 0 Å². The zero-order valence-electron chi connectivity index (χ0n) is 37.4. The number of esters is 2. The highest BCUT2D eigenvalue weighted by Crippen LogP contribution is 2.07. The van der Waals surface area contributed by atoms with E-state index in [-0.39, 0.29) is 38.0 Å². The van der Waals surface area contributed by atoms with Gasteiger partial charge in [0.15, 0.2) is 6.10 Å². The van der Waals surface area contributed by atoms with E-state index in [4.69, 9.17) is 9.47 Å². The third kappa shape index (κ3) is 46.0. The quantitative estimate of drug-likeness (QED) is 0.0382. The Labute approximate surface area is 366 Å². The minimum atomic E-state index is -0.837. The van der Waals surface area contributed by atoms with Crippen LogP contribution in [0.2, 0.25) is 0 Å². The van der Waals surface area contributed by atoms with Crippen LogP contribution in [0.3, 0.4) is 0 Å². The number of allylic oxidation sites excluding steroid dienone is 28. The van der Waals surface area contributed by atoms with Crippen molar-refractivity contribution < 1.29 is 24.2 Å². The second kappa shape index (κ2) is 48.6. The van der Waals surface area contributed by atoms with Crippen LogP contribution >= 0.6 is 0 Å². The van der Waals surface area contributed by atoms with Crippen LogP contribution in [0.15, 0.2) is 170 Å². The van der Waals surface area contributed by atoms with Crippen molar-refractivity contribution in [2.75, 3.05) is 13.2 Å². The fraction of sp³-hybridized carbons (Fsp3) is 0.455. The molecule has 0 aromatic heterocycles. The van der Waals surface area contributed by atoms with Crippen molar-refractivity contribution in [1.82, 2.24) is 0 Å². The van der Waals surface area contributed by atoms with Crippen LogP contribution in [0.1, 0.15) is 142 Å². The maximum atomic E-state index is 12.2. The smallest absolute Gasteiger partial charge is 0.306 e. The molecule has 0 aliphatic carbocycles. The summed E-state index contributed by atoms with van der Waals surface area (Å²) in [5, 5.41) is 9.56. The molecule has 0 rings (SSSR count). The maximum Gasteiger partial charge on any atom is 0.306 e. The molecule has 1 N–H and O–H groups in total. The van der Waals surface area contributed by atoms with E-state index in [0.29, 0.717) is 12.8 Å². The lowest BCUT2D eigenvalue weighted by molar-refractivity contribution is -0.161. The van der Waals surface area contributed by atoms with Gasteiger partial charge in [0.25, 0.3) is 0 Å². The van der Waals surface area contributed by atoms with E-state index in [9.17, 15) is 14.7 Å². The average molecular weight is 821 g/mol. The summed E-state index contributed by atoms with van der Waals surface area (Å²) in [6, 6.07) is 0. The second-order valence-corrected chi connectivity index (χ2v) is 14.0. The van der Waals surface area contributed by atoms with Gasteiger partial charge >= 0.3 is 11.9 Å². The Kier molecular flexibility index (Phi) is 44.8. The number of hydrogen-bond acceptors (Lipinski definition) is 5. The number of hydrogen-bond donors (Lipinski definition) is 1. The molecule has 5 nitrogen and oxygen atoms in total. The lowest BCUT2D eigenvalue weighted by Gasteiger charge is -2.15. The first-order chi connectivity index (χ1) is 29.6. The van der Waals surface area contributed by atoms with Gasteiger partial charge in [-0.3, -0.25) is 9.59 Å². The van der Waals surface area contributed by atoms with Crippen molar-refractivity contribution in [2.45, 2.75) is 148 Å². The summed E-state index contributed by atoms with van der Waals surface area (Å²) in [6.07, 6.45) is 77.3. The van der Waals surface area contributed by atoms with Crippen molar-refractivity contribution in [2.24, 2.45) is 0 Å². The number of aliphatic hydroxyl groups is 1. The van der Waals surface area contributed by atoms with E-state index in [0.717, 1.165) is 103 Å². The molecular formula is C55H80O5. The van der Waals surface area contributed by atoms with Gasteiger partial charge in [0.05, 0.1) is 6.61 Å². The Morgan fingerprint density at radius 1 is 0.383 bits per heavy atom. The van der Waals surface area contributed by atoms with Gasteiger partial charge in [0, 0.05) is 12.8 Å². The van der Waals surface area contributed by atoms with Crippen LogP contribution in [0.5, 0.6) is 0 Å². The normalized spacial score (nSPS) is 13.8. The van der Waals surface area contributed by atoms with Gasteiger partial charge in [0.2, 0.25) is 0 Å². The van der Waals surface area contributed by atoms with E-state index in [2.05, 4.69) is 172 Å². The SMILES string of the molecule is CC/C=C\C/C=C\C/C=C\C/C=C\C/C=C\C/C=C\C/C=C\C/C=C\C/C=C\C/C=C\CCCCC(=O)OC(CO)COC(=O)CC/C=C\C/C=C\C/C=C\C/C=C\CC. The molecule has 0 spiro atoms. The molecule has 0 aromatic carbocycles. The fourth-order valence-electron chi connectivity index (χ4n) is 5.18. The van der Waals surface area contributed by atoms with Crippen LogP contribution in [-0.4, -0.2) is 36.4 Å². The second-order valence-electron chi connectivity index (χ2n) is 14.0. The number of unbranched alkanes of at least 4 members (excludes halogenated alkanes) is 2. The molecule has 0 fully saturated rings. The summed E-state index contributed by atoms with van der Waals surface area (Å²) in [5.41, 5.74) is 0. The Hall–Kier alpha value is -4.74. The van der Waals surface area contributed by atoms with E-state index in [1.54, 1.807) is 0 Å². The van der Waals surface area contributed by atoms with Crippen LogP contribution < -0.4 is 0 Å². The predicted molar refractivity (Wildman–Crippen MR) is 260 cm³/mol. The Bertz CT molecular complexity index is 1440. The molecule has 0 radical (unpaired) electrons. The summed E-state index contributed by atoms with van der Waals surface area (Å²) >= 11 is 0. The minimum absolute atomic E-state index is 0.135. The molecule has 0 aromatic rings. The Morgan fingerprint density at radius 3 is 1.00 bits per heavy atom. The maximum absolute atomic E-state index is 12.2. The first-order valence-corrected chi connectivity index (χ1v) is 22.7. The van der Waals surface area contributed by atoms with E-state index < -0.39 is 6.10 Å². The molecule has 0 saturated heterocycles. The molecule has 0 heterocycles. The van der Waals surface area contributed by atoms with Crippen molar-refractivity contribution >= 4 is 11.9 Å². The highest BCUT2D eigenvalue weighted by Gasteiger charge is 2.15. The van der Waals surface area contributed by atoms with Gasteiger partial charge in [-0.25, -0.2) is 0 Å². The topological polar surface area (TPSA) is 72.8 Å².